The lowest BCUT2D eigenvalue weighted by Gasteiger charge is -2.37. The van der Waals surface area contributed by atoms with Crippen LogP contribution >= 0.6 is 24.0 Å². The minimum atomic E-state index is 0. The molecule has 6 nitrogen and oxygen atoms in total. The van der Waals surface area contributed by atoms with Crippen molar-refractivity contribution >= 4 is 29.9 Å². The Kier molecular flexibility index (Phi) is 12.8. The number of hydrogen-bond donors (Lipinski definition) is 2. The molecule has 0 radical (unpaired) electrons. The predicted octanol–water partition coefficient (Wildman–Crippen LogP) is 4.04. The molecule has 0 aliphatic carbocycles. The number of nitrogens with zero attached hydrogens (tertiary/aromatic N) is 2. The van der Waals surface area contributed by atoms with Crippen LogP contribution in [0, 0.1) is 5.92 Å². The van der Waals surface area contributed by atoms with Gasteiger partial charge in [0.15, 0.2) is 5.96 Å². The fraction of sp³-hybridized carbons (Fsp3) is 0.500. The third-order valence-corrected chi connectivity index (χ3v) is 5.85. The zero-order valence-electron chi connectivity index (χ0n) is 20.1. The summed E-state index contributed by atoms with van der Waals surface area (Å²) in [6.07, 6.45) is 0. The van der Waals surface area contributed by atoms with E-state index >= 15 is 0 Å². The first kappa shape index (κ1) is 27.6. The Hall–Kier alpha value is -1.68. The van der Waals surface area contributed by atoms with Crippen molar-refractivity contribution in [3.05, 3.63) is 71.3 Å². The molecule has 1 unspecified atom stereocenters. The van der Waals surface area contributed by atoms with E-state index in [0.717, 1.165) is 45.4 Å². The molecule has 0 aromatic heterocycles. The molecular formula is C26H39IN4O2. The van der Waals surface area contributed by atoms with Gasteiger partial charge in [-0.25, -0.2) is 0 Å². The number of nitrogens with one attached hydrogen (secondary N) is 2. The van der Waals surface area contributed by atoms with Gasteiger partial charge in [-0.2, -0.15) is 0 Å². The smallest absolute Gasteiger partial charge is 0.191 e. The molecule has 3 rings (SSSR count). The van der Waals surface area contributed by atoms with Crippen LogP contribution in [-0.2, 0) is 29.2 Å². The average Bonchev–Trinajstić information content (AvgIpc) is 2.83. The zero-order valence-corrected chi connectivity index (χ0v) is 22.5. The Balaban J connectivity index is 0.00000385. The molecule has 2 aromatic carbocycles. The van der Waals surface area contributed by atoms with Gasteiger partial charge < -0.3 is 20.1 Å². The third kappa shape index (κ3) is 9.60. The summed E-state index contributed by atoms with van der Waals surface area (Å²) >= 11 is 0. The number of hydrogen-bond acceptors (Lipinski definition) is 4. The van der Waals surface area contributed by atoms with E-state index in [9.17, 15) is 0 Å². The second-order valence-electron chi connectivity index (χ2n) is 8.56. The topological polar surface area (TPSA) is 58.1 Å². The molecule has 1 atom stereocenters. The maximum atomic E-state index is 5.83. The van der Waals surface area contributed by atoms with Crippen LogP contribution in [0.5, 0.6) is 0 Å². The van der Waals surface area contributed by atoms with Crippen molar-refractivity contribution in [2.24, 2.45) is 10.9 Å². The van der Waals surface area contributed by atoms with E-state index in [1.165, 1.54) is 16.7 Å². The molecule has 1 heterocycles. The summed E-state index contributed by atoms with van der Waals surface area (Å²) in [5.41, 5.74) is 3.59. The number of guanidine groups is 1. The predicted molar refractivity (Wildman–Crippen MR) is 146 cm³/mol. The van der Waals surface area contributed by atoms with E-state index in [1.807, 2.05) is 25.2 Å². The molecule has 0 saturated carbocycles. The highest BCUT2D eigenvalue weighted by atomic mass is 127. The summed E-state index contributed by atoms with van der Waals surface area (Å²) in [6, 6.07) is 19.3. The van der Waals surface area contributed by atoms with Crippen LogP contribution in [0.4, 0.5) is 0 Å². The van der Waals surface area contributed by atoms with E-state index in [-0.39, 0.29) is 24.0 Å². The molecule has 1 saturated heterocycles. The minimum Gasteiger partial charge on any atom is -0.379 e. The summed E-state index contributed by atoms with van der Waals surface area (Å²) in [5.74, 6) is 1.40. The Labute approximate surface area is 216 Å². The molecule has 1 aliphatic heterocycles. The molecule has 0 amide bonds. The van der Waals surface area contributed by atoms with Gasteiger partial charge in [-0.1, -0.05) is 68.4 Å². The average molecular weight is 567 g/mol. The van der Waals surface area contributed by atoms with E-state index < -0.39 is 0 Å². The van der Waals surface area contributed by atoms with Crippen LogP contribution in [0.1, 0.15) is 30.5 Å². The quantitative estimate of drug-likeness (QED) is 0.258. The molecule has 2 aromatic rings. The van der Waals surface area contributed by atoms with Crippen molar-refractivity contribution in [2.75, 3.05) is 39.9 Å². The van der Waals surface area contributed by atoms with Crippen molar-refractivity contribution in [3.63, 3.8) is 0 Å². The third-order valence-electron chi connectivity index (χ3n) is 5.85. The molecular weight excluding hydrogens is 527 g/mol. The number of aliphatic imine (C=N–C) groups is 1. The normalized spacial score (nSPS) is 15.7. The van der Waals surface area contributed by atoms with Crippen molar-refractivity contribution < 1.29 is 9.47 Å². The van der Waals surface area contributed by atoms with Gasteiger partial charge in [0.25, 0.3) is 0 Å². The van der Waals surface area contributed by atoms with E-state index in [2.05, 4.69) is 70.8 Å². The summed E-state index contributed by atoms with van der Waals surface area (Å²) in [6.45, 7) is 11.1. The fourth-order valence-corrected chi connectivity index (χ4v) is 3.92. The number of halogens is 1. The van der Waals surface area contributed by atoms with E-state index in [4.69, 9.17) is 9.47 Å². The van der Waals surface area contributed by atoms with Crippen molar-refractivity contribution in [3.8, 4) is 0 Å². The number of rotatable bonds is 10. The van der Waals surface area contributed by atoms with Gasteiger partial charge in [-0.3, -0.25) is 9.89 Å². The second kappa shape index (κ2) is 15.3. The lowest BCUT2D eigenvalue weighted by Crippen LogP contribution is -2.52. The standard InChI is InChI=1S/C26H38N4O2.HI/c1-21(2)25(30-13-15-31-16-14-30)18-29-26(27-3)28-17-22-9-11-24(12-10-22)20-32-19-23-7-5-4-6-8-23;/h4-12,21,25H,13-20H2,1-3H3,(H2,27,28,29);1H. The van der Waals surface area contributed by atoms with Crippen molar-refractivity contribution in [2.45, 2.75) is 39.6 Å². The molecule has 33 heavy (non-hydrogen) atoms. The Morgan fingerprint density at radius 3 is 2.15 bits per heavy atom. The van der Waals surface area contributed by atoms with Crippen LogP contribution in [0.25, 0.3) is 0 Å². The molecule has 1 fully saturated rings. The van der Waals surface area contributed by atoms with Crippen molar-refractivity contribution in [1.29, 1.82) is 0 Å². The number of morpholine rings is 1. The van der Waals surface area contributed by atoms with Gasteiger partial charge in [-0.15, -0.1) is 24.0 Å². The van der Waals surface area contributed by atoms with Gasteiger partial charge in [0, 0.05) is 39.3 Å². The summed E-state index contributed by atoms with van der Waals surface area (Å²) in [7, 11) is 1.82. The van der Waals surface area contributed by atoms with Crippen molar-refractivity contribution in [1.82, 2.24) is 15.5 Å². The first-order valence-electron chi connectivity index (χ1n) is 11.6. The van der Waals surface area contributed by atoms with Crippen LogP contribution in [-0.4, -0.2) is 56.8 Å². The fourth-order valence-electron chi connectivity index (χ4n) is 3.92. The first-order valence-corrected chi connectivity index (χ1v) is 11.6. The first-order chi connectivity index (χ1) is 15.7. The van der Waals surface area contributed by atoms with Crippen LogP contribution in [0.3, 0.4) is 0 Å². The van der Waals surface area contributed by atoms with Gasteiger partial charge in [-0.05, 0) is 22.6 Å². The number of ether oxygens (including phenoxy) is 2. The summed E-state index contributed by atoms with van der Waals surface area (Å²) in [4.78, 5) is 6.92. The van der Waals surface area contributed by atoms with E-state index in [0.29, 0.717) is 25.2 Å². The van der Waals surface area contributed by atoms with Crippen LogP contribution in [0.15, 0.2) is 59.6 Å². The van der Waals surface area contributed by atoms with Crippen LogP contribution in [0.2, 0.25) is 0 Å². The molecule has 182 valence electrons. The van der Waals surface area contributed by atoms with Crippen LogP contribution < -0.4 is 10.6 Å². The maximum Gasteiger partial charge on any atom is 0.191 e. The summed E-state index contributed by atoms with van der Waals surface area (Å²) < 4.78 is 11.3. The van der Waals surface area contributed by atoms with Gasteiger partial charge in [0.1, 0.15) is 0 Å². The molecule has 0 bridgehead atoms. The Bertz CT molecular complexity index is 809. The number of benzene rings is 2. The molecule has 7 heteroatoms. The molecule has 0 spiro atoms. The Morgan fingerprint density at radius 2 is 1.55 bits per heavy atom. The highest BCUT2D eigenvalue weighted by Gasteiger charge is 2.23. The Morgan fingerprint density at radius 1 is 0.939 bits per heavy atom. The van der Waals surface area contributed by atoms with Gasteiger partial charge in [0.05, 0.1) is 26.4 Å². The molecule has 2 N–H and O–H groups in total. The lowest BCUT2D eigenvalue weighted by atomic mass is 10.0. The van der Waals surface area contributed by atoms with E-state index in [1.54, 1.807) is 0 Å². The van der Waals surface area contributed by atoms with Gasteiger partial charge in [0.2, 0.25) is 0 Å². The second-order valence-corrected chi connectivity index (χ2v) is 8.56. The lowest BCUT2D eigenvalue weighted by molar-refractivity contribution is 0.00752. The maximum absolute atomic E-state index is 5.83. The molecule has 1 aliphatic rings. The zero-order chi connectivity index (χ0) is 22.6. The SMILES string of the molecule is CN=C(NCc1ccc(COCc2ccccc2)cc1)NCC(C(C)C)N1CCOCC1.I. The monoisotopic (exact) mass is 566 g/mol. The highest BCUT2D eigenvalue weighted by molar-refractivity contribution is 14.0. The highest BCUT2D eigenvalue weighted by Crippen LogP contribution is 2.12. The summed E-state index contributed by atoms with van der Waals surface area (Å²) in [5, 5.41) is 6.94. The largest absolute Gasteiger partial charge is 0.379 e. The minimum absolute atomic E-state index is 0. The van der Waals surface area contributed by atoms with Gasteiger partial charge >= 0.3 is 0 Å².